The largest absolute Gasteiger partial charge is 0.481 e. The van der Waals surface area contributed by atoms with Gasteiger partial charge in [-0.25, -0.2) is 4.79 Å². The molecule has 19 heavy (non-hydrogen) atoms. The van der Waals surface area contributed by atoms with Crippen molar-refractivity contribution in [3.8, 4) is 0 Å². The highest BCUT2D eigenvalue weighted by atomic mass is 79.9. The first-order valence-corrected chi connectivity index (χ1v) is 7.12. The van der Waals surface area contributed by atoms with Crippen molar-refractivity contribution in [1.82, 2.24) is 10.6 Å². The molecular weight excluding hydrogens is 336 g/mol. The summed E-state index contributed by atoms with van der Waals surface area (Å²) in [7, 11) is 1.41. The summed E-state index contributed by atoms with van der Waals surface area (Å²) < 4.78 is 5.96. The van der Waals surface area contributed by atoms with Crippen LogP contribution in [-0.2, 0) is 16.1 Å². The average molecular weight is 351 g/mol. The number of methoxy groups -OCH3 is 1. The Morgan fingerprint density at radius 2 is 2.21 bits per heavy atom. The number of amides is 2. The van der Waals surface area contributed by atoms with E-state index in [0.29, 0.717) is 6.54 Å². The maximum Gasteiger partial charge on any atom is 0.315 e. The first-order chi connectivity index (χ1) is 9.01. The monoisotopic (exact) mass is 350 g/mol. The fraction of sp³-hybridized carbons (Fsp3) is 0.455. The predicted octanol–water partition coefficient (Wildman–Crippen LogP) is 1.80. The summed E-state index contributed by atoms with van der Waals surface area (Å²) >= 11 is 4.88. The van der Waals surface area contributed by atoms with Crippen molar-refractivity contribution >= 4 is 39.3 Å². The van der Waals surface area contributed by atoms with Crippen LogP contribution in [0.25, 0.3) is 0 Å². The number of carbonyl (C=O) groups excluding carboxylic acids is 1. The van der Waals surface area contributed by atoms with Gasteiger partial charge in [0.1, 0.15) is 0 Å². The molecule has 3 N–H and O–H groups in total. The Hall–Kier alpha value is -1.12. The number of rotatable bonds is 7. The van der Waals surface area contributed by atoms with E-state index < -0.39 is 12.1 Å². The molecule has 8 heteroatoms. The molecule has 0 aliphatic heterocycles. The second-order valence-corrected chi connectivity index (χ2v) is 6.27. The number of aliphatic carboxylic acids is 1. The van der Waals surface area contributed by atoms with Gasteiger partial charge in [-0.3, -0.25) is 4.79 Å². The van der Waals surface area contributed by atoms with Gasteiger partial charge in [0.05, 0.1) is 22.9 Å². The second kappa shape index (κ2) is 8.13. The topological polar surface area (TPSA) is 87.7 Å². The molecule has 1 aromatic heterocycles. The number of hydrogen-bond donors (Lipinski definition) is 3. The predicted molar refractivity (Wildman–Crippen MR) is 75.3 cm³/mol. The van der Waals surface area contributed by atoms with Gasteiger partial charge < -0.3 is 20.5 Å². The molecule has 1 heterocycles. The lowest BCUT2D eigenvalue weighted by molar-refractivity contribution is -0.139. The van der Waals surface area contributed by atoms with Crippen molar-refractivity contribution in [2.75, 3.05) is 13.7 Å². The number of ether oxygens (including phenoxy) is 1. The Labute approximate surface area is 123 Å². The minimum atomic E-state index is -0.961. The molecule has 2 amide bonds. The molecule has 0 aliphatic rings. The van der Waals surface area contributed by atoms with Gasteiger partial charge in [-0.15, -0.1) is 11.3 Å². The van der Waals surface area contributed by atoms with E-state index >= 15 is 0 Å². The highest BCUT2D eigenvalue weighted by Gasteiger charge is 2.13. The quantitative estimate of drug-likeness (QED) is 0.699. The third-order valence-corrected chi connectivity index (χ3v) is 3.90. The van der Waals surface area contributed by atoms with Crippen molar-refractivity contribution in [2.24, 2.45) is 0 Å². The van der Waals surface area contributed by atoms with Crippen LogP contribution in [0.3, 0.4) is 0 Å². The fourth-order valence-corrected chi connectivity index (χ4v) is 2.74. The minimum Gasteiger partial charge on any atom is -0.481 e. The van der Waals surface area contributed by atoms with Gasteiger partial charge in [-0.1, -0.05) is 0 Å². The Morgan fingerprint density at radius 1 is 1.47 bits per heavy atom. The lowest BCUT2D eigenvalue weighted by Gasteiger charge is -2.14. The van der Waals surface area contributed by atoms with Crippen LogP contribution in [0, 0.1) is 0 Å². The molecule has 6 nitrogen and oxygen atoms in total. The van der Waals surface area contributed by atoms with E-state index in [4.69, 9.17) is 9.84 Å². The number of halogens is 1. The highest BCUT2D eigenvalue weighted by Crippen LogP contribution is 2.21. The lowest BCUT2D eigenvalue weighted by Crippen LogP contribution is -2.40. The van der Waals surface area contributed by atoms with Crippen LogP contribution < -0.4 is 10.6 Å². The first kappa shape index (κ1) is 15.9. The van der Waals surface area contributed by atoms with Gasteiger partial charge in [-0.05, 0) is 28.1 Å². The van der Waals surface area contributed by atoms with Crippen LogP contribution in [0.1, 0.15) is 11.3 Å². The van der Waals surface area contributed by atoms with Crippen LogP contribution in [0.5, 0.6) is 0 Å². The molecule has 1 rings (SSSR count). The molecule has 0 bridgehead atoms. The molecule has 1 atom stereocenters. The summed E-state index contributed by atoms with van der Waals surface area (Å²) in [6.45, 7) is 0.585. The lowest BCUT2D eigenvalue weighted by atomic mass is 10.2. The van der Waals surface area contributed by atoms with Gasteiger partial charge in [-0.2, -0.15) is 0 Å². The Bertz CT molecular complexity index is 438. The van der Waals surface area contributed by atoms with Crippen molar-refractivity contribution < 1.29 is 19.4 Å². The molecule has 0 saturated carbocycles. The normalized spacial score (nSPS) is 11.9. The summed E-state index contributed by atoms with van der Waals surface area (Å²) in [5, 5.41) is 13.9. The summed E-state index contributed by atoms with van der Waals surface area (Å²) in [6, 6.07) is 3.47. The van der Waals surface area contributed by atoms with E-state index in [0.717, 1.165) is 8.66 Å². The number of nitrogens with one attached hydrogen (secondary N) is 2. The molecule has 106 valence electrons. The van der Waals surface area contributed by atoms with Gasteiger partial charge >= 0.3 is 12.0 Å². The van der Waals surface area contributed by atoms with E-state index in [1.165, 1.54) is 18.4 Å². The van der Waals surface area contributed by atoms with E-state index in [1.807, 2.05) is 12.1 Å². The molecular formula is C11H15BrN2O4S. The smallest absolute Gasteiger partial charge is 0.315 e. The molecule has 1 unspecified atom stereocenters. The zero-order valence-corrected chi connectivity index (χ0v) is 12.7. The van der Waals surface area contributed by atoms with Crippen LogP contribution >= 0.6 is 27.3 Å². The highest BCUT2D eigenvalue weighted by molar-refractivity contribution is 9.11. The number of carboxylic acid groups (broad SMARTS) is 1. The first-order valence-electron chi connectivity index (χ1n) is 5.51. The maximum atomic E-state index is 11.5. The van der Waals surface area contributed by atoms with Crippen molar-refractivity contribution in [2.45, 2.75) is 19.1 Å². The fourth-order valence-electron chi connectivity index (χ4n) is 1.32. The summed E-state index contributed by atoms with van der Waals surface area (Å²) in [4.78, 5) is 23.0. The number of carboxylic acids is 1. The molecule has 1 aromatic rings. The standard InChI is InChI=1S/C11H15BrN2O4S/c1-18-7(4-10(15)16)5-13-11(17)14-6-8-2-3-9(12)19-8/h2-3,7H,4-6H2,1H3,(H,15,16)(H2,13,14,17). The van der Waals surface area contributed by atoms with Gasteiger partial charge in [0.2, 0.25) is 0 Å². The Balaban J connectivity index is 2.25. The summed E-state index contributed by atoms with van der Waals surface area (Å²) in [5.74, 6) is -0.961. The zero-order chi connectivity index (χ0) is 14.3. The summed E-state index contributed by atoms with van der Waals surface area (Å²) in [6.07, 6.45) is -0.673. The van der Waals surface area contributed by atoms with Crippen LogP contribution in [0.4, 0.5) is 4.79 Å². The minimum absolute atomic E-state index is 0.144. The van der Waals surface area contributed by atoms with Crippen molar-refractivity contribution in [3.05, 3.63) is 20.8 Å². The van der Waals surface area contributed by atoms with E-state index in [2.05, 4.69) is 26.6 Å². The van der Waals surface area contributed by atoms with Crippen molar-refractivity contribution in [3.63, 3.8) is 0 Å². The Kier molecular flexibility index (Phi) is 6.82. The van der Waals surface area contributed by atoms with E-state index in [1.54, 1.807) is 0 Å². The SMILES string of the molecule is COC(CNC(=O)NCc1ccc(Br)s1)CC(=O)O. The van der Waals surface area contributed by atoms with E-state index in [9.17, 15) is 9.59 Å². The van der Waals surface area contributed by atoms with Crippen LogP contribution in [0.15, 0.2) is 15.9 Å². The third kappa shape index (κ3) is 6.55. The van der Waals surface area contributed by atoms with Crippen molar-refractivity contribution in [1.29, 1.82) is 0 Å². The molecule has 0 aromatic carbocycles. The maximum absolute atomic E-state index is 11.5. The Morgan fingerprint density at radius 3 is 2.74 bits per heavy atom. The molecule has 0 aliphatic carbocycles. The number of hydrogen-bond acceptors (Lipinski definition) is 4. The molecule has 0 fully saturated rings. The molecule has 0 radical (unpaired) electrons. The van der Waals surface area contributed by atoms with E-state index in [-0.39, 0.29) is 19.0 Å². The average Bonchev–Trinajstić information content (AvgIpc) is 2.77. The molecule has 0 saturated heterocycles. The zero-order valence-electron chi connectivity index (χ0n) is 10.3. The number of urea groups is 1. The van der Waals surface area contributed by atoms with Gasteiger partial charge in [0.15, 0.2) is 0 Å². The van der Waals surface area contributed by atoms with Gasteiger partial charge in [0, 0.05) is 18.5 Å². The van der Waals surface area contributed by atoms with Crippen LogP contribution in [-0.4, -0.2) is 36.9 Å². The number of carbonyl (C=O) groups is 2. The van der Waals surface area contributed by atoms with Gasteiger partial charge in [0.25, 0.3) is 0 Å². The summed E-state index contributed by atoms with van der Waals surface area (Å²) in [5.41, 5.74) is 0. The number of thiophene rings is 1. The molecule has 0 spiro atoms. The second-order valence-electron chi connectivity index (χ2n) is 3.72. The van der Waals surface area contributed by atoms with Crippen LogP contribution in [0.2, 0.25) is 0 Å². The third-order valence-electron chi connectivity index (χ3n) is 2.28.